The number of aliphatic carboxylic acids is 1. The molecular weight excluding hydrogens is 248 g/mol. The van der Waals surface area contributed by atoms with Crippen molar-refractivity contribution in [3.8, 4) is 0 Å². The van der Waals surface area contributed by atoms with E-state index in [4.69, 9.17) is 10.8 Å². The summed E-state index contributed by atoms with van der Waals surface area (Å²) in [5.41, 5.74) is 7.97. The van der Waals surface area contributed by atoms with Crippen molar-refractivity contribution in [2.45, 2.75) is 29.8 Å². The molecule has 4 N–H and O–H groups in total. The van der Waals surface area contributed by atoms with E-state index < -0.39 is 12.0 Å². The zero-order valence-electron chi connectivity index (χ0n) is 10.3. The van der Waals surface area contributed by atoms with Crippen molar-refractivity contribution in [2.75, 3.05) is 12.8 Å². The van der Waals surface area contributed by atoms with Crippen LogP contribution in [0.2, 0.25) is 0 Å². The molecule has 0 saturated heterocycles. The minimum atomic E-state index is -0.985. The molecule has 0 aromatic heterocycles. The molecule has 0 saturated carbocycles. The minimum absolute atomic E-state index is 0.347. The highest BCUT2D eigenvalue weighted by Gasteiger charge is 2.25. The monoisotopic (exact) mass is 266 g/mol. The second-order valence-electron chi connectivity index (χ2n) is 4.45. The number of carboxylic acids is 1. The first-order valence-corrected chi connectivity index (χ1v) is 7.03. The number of fused-ring (bicyclic) bond motifs is 1. The summed E-state index contributed by atoms with van der Waals surface area (Å²) in [5, 5.41) is 12.0. The largest absolute Gasteiger partial charge is 0.480 e. The number of thioether (sulfide) groups is 1. The molecule has 1 aromatic carbocycles. The molecule has 0 radical (unpaired) electrons. The molecule has 4 nitrogen and oxygen atoms in total. The highest BCUT2D eigenvalue weighted by Crippen LogP contribution is 2.32. The first-order valence-electron chi connectivity index (χ1n) is 6.04. The molecule has 1 heterocycles. The summed E-state index contributed by atoms with van der Waals surface area (Å²) in [6.45, 7) is 0. The molecule has 1 aliphatic heterocycles. The van der Waals surface area contributed by atoms with Crippen molar-refractivity contribution in [1.82, 2.24) is 5.32 Å². The highest BCUT2D eigenvalue weighted by molar-refractivity contribution is 7.99. The Labute approximate surface area is 111 Å². The first-order chi connectivity index (χ1) is 8.63. The fraction of sp³-hybridized carbons (Fsp3) is 0.462. The molecule has 18 heavy (non-hydrogen) atoms. The molecule has 1 aromatic rings. The van der Waals surface area contributed by atoms with E-state index in [1.807, 2.05) is 17.8 Å². The summed E-state index contributed by atoms with van der Waals surface area (Å²) in [5.74, 6) is 0.178. The van der Waals surface area contributed by atoms with E-state index in [2.05, 4.69) is 17.4 Å². The van der Waals surface area contributed by atoms with E-state index in [1.54, 1.807) is 7.05 Å². The van der Waals surface area contributed by atoms with Gasteiger partial charge in [0.2, 0.25) is 0 Å². The SMILES string of the molecule is CNC(c1ccc2c(c1)CCCS2)C(N)C(=O)O. The lowest BCUT2D eigenvalue weighted by Gasteiger charge is -2.23. The van der Waals surface area contributed by atoms with Gasteiger partial charge >= 0.3 is 5.97 Å². The van der Waals surface area contributed by atoms with Crippen LogP contribution in [0.3, 0.4) is 0 Å². The number of hydrogen-bond donors (Lipinski definition) is 3. The standard InChI is InChI=1S/C13H18N2O2S/c1-15-12(11(14)13(16)17)9-4-5-10-8(7-9)3-2-6-18-10/h4-5,7,11-12,15H,2-3,6,14H2,1H3,(H,16,17). The molecule has 98 valence electrons. The molecule has 2 unspecified atom stereocenters. The van der Waals surface area contributed by atoms with Crippen LogP contribution >= 0.6 is 11.8 Å². The third-order valence-electron chi connectivity index (χ3n) is 3.25. The van der Waals surface area contributed by atoms with E-state index in [0.29, 0.717) is 0 Å². The smallest absolute Gasteiger partial charge is 0.322 e. The lowest BCUT2D eigenvalue weighted by atomic mass is 9.97. The Kier molecular flexibility index (Phi) is 4.27. The fourth-order valence-electron chi connectivity index (χ4n) is 2.27. The van der Waals surface area contributed by atoms with Gasteiger partial charge in [0.1, 0.15) is 6.04 Å². The summed E-state index contributed by atoms with van der Waals surface area (Å²) >= 11 is 1.86. The van der Waals surface area contributed by atoms with Gasteiger partial charge in [0.25, 0.3) is 0 Å². The van der Waals surface area contributed by atoms with Crippen molar-refractivity contribution in [3.63, 3.8) is 0 Å². The summed E-state index contributed by atoms with van der Waals surface area (Å²) in [6.07, 6.45) is 2.24. The number of nitrogens with two attached hydrogens (primary N) is 1. The Hall–Kier alpha value is -1.04. The van der Waals surface area contributed by atoms with E-state index in [9.17, 15) is 4.79 Å². The summed E-state index contributed by atoms with van der Waals surface area (Å²) in [4.78, 5) is 12.3. The van der Waals surface area contributed by atoms with E-state index in [1.165, 1.54) is 16.9 Å². The Morgan fingerprint density at radius 1 is 1.56 bits per heavy atom. The van der Waals surface area contributed by atoms with E-state index in [-0.39, 0.29) is 6.04 Å². The first kappa shape index (κ1) is 13.4. The topological polar surface area (TPSA) is 75.3 Å². The number of hydrogen-bond acceptors (Lipinski definition) is 4. The number of rotatable bonds is 4. The van der Waals surface area contributed by atoms with Crippen LogP contribution in [0.15, 0.2) is 23.1 Å². The number of aryl methyl sites for hydroxylation is 1. The van der Waals surface area contributed by atoms with Crippen LogP contribution in [-0.4, -0.2) is 29.9 Å². The molecule has 2 rings (SSSR count). The molecule has 5 heteroatoms. The van der Waals surface area contributed by atoms with Gasteiger partial charge in [-0.3, -0.25) is 4.79 Å². The van der Waals surface area contributed by atoms with Gasteiger partial charge in [-0.05, 0) is 42.8 Å². The number of carbonyl (C=O) groups is 1. The lowest BCUT2D eigenvalue weighted by molar-refractivity contribution is -0.139. The second kappa shape index (κ2) is 5.73. The number of likely N-dealkylation sites (N-methyl/N-ethyl adjacent to an activating group) is 1. The van der Waals surface area contributed by atoms with Gasteiger partial charge < -0.3 is 16.2 Å². The molecule has 2 atom stereocenters. The molecule has 0 amide bonds. The summed E-state index contributed by atoms with van der Waals surface area (Å²) in [6, 6.07) is 4.86. The van der Waals surface area contributed by atoms with Crippen LogP contribution in [0.5, 0.6) is 0 Å². The Bertz CT molecular complexity index is 451. The third kappa shape index (κ3) is 2.68. The van der Waals surface area contributed by atoms with Crippen molar-refractivity contribution in [2.24, 2.45) is 5.73 Å². The van der Waals surface area contributed by atoms with Gasteiger partial charge in [-0.25, -0.2) is 0 Å². The molecular formula is C13H18N2O2S. The van der Waals surface area contributed by atoms with Gasteiger partial charge in [0, 0.05) is 4.90 Å². The van der Waals surface area contributed by atoms with Gasteiger partial charge in [0.15, 0.2) is 0 Å². The summed E-state index contributed by atoms with van der Waals surface area (Å²) in [7, 11) is 1.74. The van der Waals surface area contributed by atoms with Crippen LogP contribution < -0.4 is 11.1 Å². The Morgan fingerprint density at radius 2 is 2.33 bits per heavy atom. The minimum Gasteiger partial charge on any atom is -0.480 e. The molecule has 0 fully saturated rings. The molecule has 0 aliphatic carbocycles. The van der Waals surface area contributed by atoms with Crippen LogP contribution in [0.1, 0.15) is 23.6 Å². The maximum Gasteiger partial charge on any atom is 0.322 e. The predicted molar refractivity (Wildman–Crippen MR) is 72.9 cm³/mol. The maximum absolute atomic E-state index is 11.0. The molecule has 0 bridgehead atoms. The van der Waals surface area contributed by atoms with Crippen LogP contribution in [0.4, 0.5) is 0 Å². The zero-order valence-corrected chi connectivity index (χ0v) is 11.2. The van der Waals surface area contributed by atoms with Gasteiger partial charge in [-0.15, -0.1) is 11.8 Å². The normalized spacial score (nSPS) is 17.9. The van der Waals surface area contributed by atoms with Crippen LogP contribution in [0, 0.1) is 0 Å². The lowest BCUT2D eigenvalue weighted by Crippen LogP contribution is -2.42. The van der Waals surface area contributed by atoms with Crippen molar-refractivity contribution in [1.29, 1.82) is 0 Å². The maximum atomic E-state index is 11.0. The van der Waals surface area contributed by atoms with Crippen LogP contribution in [0.25, 0.3) is 0 Å². The zero-order chi connectivity index (χ0) is 13.1. The average Bonchev–Trinajstić information content (AvgIpc) is 2.39. The third-order valence-corrected chi connectivity index (χ3v) is 4.45. The predicted octanol–water partition coefficient (Wildman–Crippen LogP) is 1.40. The number of benzene rings is 1. The van der Waals surface area contributed by atoms with Crippen LogP contribution in [-0.2, 0) is 11.2 Å². The van der Waals surface area contributed by atoms with Gasteiger partial charge in [-0.2, -0.15) is 0 Å². The second-order valence-corrected chi connectivity index (χ2v) is 5.59. The molecule has 0 spiro atoms. The van der Waals surface area contributed by atoms with E-state index in [0.717, 1.165) is 17.7 Å². The Morgan fingerprint density at radius 3 is 3.00 bits per heavy atom. The van der Waals surface area contributed by atoms with Gasteiger partial charge in [-0.1, -0.05) is 12.1 Å². The number of nitrogens with one attached hydrogen (secondary N) is 1. The fourth-order valence-corrected chi connectivity index (χ4v) is 3.29. The average molecular weight is 266 g/mol. The van der Waals surface area contributed by atoms with Crippen molar-refractivity contribution >= 4 is 17.7 Å². The quantitative estimate of drug-likeness (QED) is 0.768. The van der Waals surface area contributed by atoms with Crippen molar-refractivity contribution < 1.29 is 9.90 Å². The van der Waals surface area contributed by atoms with Gasteiger partial charge in [0.05, 0.1) is 6.04 Å². The highest BCUT2D eigenvalue weighted by atomic mass is 32.2. The summed E-state index contributed by atoms with van der Waals surface area (Å²) < 4.78 is 0. The number of carboxylic acid groups (broad SMARTS) is 1. The molecule has 1 aliphatic rings. The van der Waals surface area contributed by atoms with Crippen molar-refractivity contribution in [3.05, 3.63) is 29.3 Å². The van der Waals surface area contributed by atoms with E-state index >= 15 is 0 Å². The Balaban J connectivity index is 2.28.